The van der Waals surface area contributed by atoms with Crippen molar-refractivity contribution in [3.63, 3.8) is 0 Å². The van der Waals surface area contributed by atoms with E-state index in [9.17, 15) is 20.1 Å². The molecule has 28 heavy (non-hydrogen) atoms. The van der Waals surface area contributed by atoms with Crippen molar-refractivity contribution in [1.82, 2.24) is 5.43 Å². The van der Waals surface area contributed by atoms with Gasteiger partial charge in [-0.05, 0) is 39.7 Å². The number of hydrazone groups is 1. The summed E-state index contributed by atoms with van der Waals surface area (Å²) >= 11 is 0. The number of aromatic hydroxyl groups is 3. The molecule has 0 radical (unpaired) electrons. The number of carbonyl (C=O) groups is 1. The van der Waals surface area contributed by atoms with Gasteiger partial charge in [0, 0.05) is 5.56 Å². The minimum absolute atomic E-state index is 0.0841. The molecule has 138 valence electrons. The number of nitrogens with zero attached hydrogens (tertiary/aromatic N) is 1. The Morgan fingerprint density at radius 2 is 1.43 bits per heavy atom. The highest BCUT2D eigenvalue weighted by molar-refractivity contribution is 6.05. The van der Waals surface area contributed by atoms with Gasteiger partial charge in [-0.3, -0.25) is 4.79 Å². The smallest absolute Gasteiger partial charge is 0.275 e. The highest BCUT2D eigenvalue weighted by Crippen LogP contribution is 2.34. The van der Waals surface area contributed by atoms with E-state index in [1.807, 2.05) is 30.3 Å². The lowest BCUT2D eigenvalue weighted by Crippen LogP contribution is -2.17. The van der Waals surface area contributed by atoms with Crippen LogP contribution in [0.2, 0.25) is 0 Å². The van der Waals surface area contributed by atoms with Crippen molar-refractivity contribution < 1.29 is 20.1 Å². The van der Waals surface area contributed by atoms with Crippen molar-refractivity contribution in [3.05, 3.63) is 77.9 Å². The second-order valence-electron chi connectivity index (χ2n) is 6.29. The first kappa shape index (κ1) is 17.4. The summed E-state index contributed by atoms with van der Waals surface area (Å²) in [6.45, 7) is 0. The number of hydrogen-bond donors (Lipinski definition) is 4. The Hall–Kier alpha value is -4.06. The largest absolute Gasteiger partial charge is 0.507 e. The fourth-order valence-corrected chi connectivity index (χ4v) is 3.11. The van der Waals surface area contributed by atoms with Crippen molar-refractivity contribution >= 4 is 33.7 Å². The summed E-state index contributed by atoms with van der Waals surface area (Å²) in [5.41, 5.74) is 2.70. The summed E-state index contributed by atoms with van der Waals surface area (Å²) in [7, 11) is 0. The minimum atomic E-state index is -0.594. The summed E-state index contributed by atoms with van der Waals surface area (Å²) in [5, 5.41) is 37.1. The molecule has 0 saturated heterocycles. The first-order chi connectivity index (χ1) is 13.5. The Morgan fingerprint density at radius 1 is 0.821 bits per heavy atom. The van der Waals surface area contributed by atoms with E-state index in [2.05, 4.69) is 10.5 Å². The molecule has 6 nitrogen and oxygen atoms in total. The van der Waals surface area contributed by atoms with Gasteiger partial charge in [0.15, 0.2) is 11.5 Å². The number of hydrogen-bond acceptors (Lipinski definition) is 5. The van der Waals surface area contributed by atoms with Crippen LogP contribution in [-0.2, 0) is 0 Å². The fourth-order valence-electron chi connectivity index (χ4n) is 3.11. The molecule has 0 aliphatic carbocycles. The first-order valence-electron chi connectivity index (χ1n) is 8.53. The van der Waals surface area contributed by atoms with Crippen LogP contribution >= 0.6 is 0 Å². The number of nitrogens with one attached hydrogen (secondary N) is 1. The second kappa shape index (κ2) is 6.92. The number of phenols is 3. The van der Waals surface area contributed by atoms with E-state index >= 15 is 0 Å². The number of amides is 1. The lowest BCUT2D eigenvalue weighted by molar-refractivity contribution is 0.0952. The van der Waals surface area contributed by atoms with Crippen LogP contribution in [0, 0.1) is 0 Å². The lowest BCUT2D eigenvalue weighted by Gasteiger charge is -2.08. The molecule has 6 heteroatoms. The van der Waals surface area contributed by atoms with Crippen LogP contribution in [0.25, 0.3) is 21.5 Å². The maximum absolute atomic E-state index is 12.4. The summed E-state index contributed by atoms with van der Waals surface area (Å²) in [6.07, 6.45) is 1.26. The highest BCUT2D eigenvalue weighted by atomic mass is 16.3. The van der Waals surface area contributed by atoms with Crippen LogP contribution in [0.1, 0.15) is 15.9 Å². The molecule has 0 atom stereocenters. The predicted octanol–water partition coefficient (Wildman–Crippen LogP) is 3.87. The van der Waals surface area contributed by atoms with Gasteiger partial charge in [-0.15, -0.1) is 0 Å². The molecule has 0 spiro atoms. The Balaban J connectivity index is 1.64. The van der Waals surface area contributed by atoms with Gasteiger partial charge < -0.3 is 15.3 Å². The van der Waals surface area contributed by atoms with Crippen LogP contribution in [0.4, 0.5) is 0 Å². The van der Waals surface area contributed by atoms with Gasteiger partial charge in [0.2, 0.25) is 0 Å². The Kier molecular flexibility index (Phi) is 4.29. The molecule has 4 rings (SSSR count). The normalized spacial score (nSPS) is 11.3. The maximum Gasteiger partial charge on any atom is 0.275 e. The van der Waals surface area contributed by atoms with Crippen LogP contribution in [0.3, 0.4) is 0 Å². The summed E-state index contributed by atoms with van der Waals surface area (Å²) in [4.78, 5) is 12.4. The van der Waals surface area contributed by atoms with Crippen molar-refractivity contribution in [2.45, 2.75) is 0 Å². The third-order valence-corrected chi connectivity index (χ3v) is 4.51. The third kappa shape index (κ3) is 3.07. The number of rotatable bonds is 3. The molecule has 4 aromatic carbocycles. The zero-order valence-corrected chi connectivity index (χ0v) is 14.6. The van der Waals surface area contributed by atoms with E-state index in [0.29, 0.717) is 5.39 Å². The Bertz CT molecular complexity index is 1250. The summed E-state index contributed by atoms with van der Waals surface area (Å²) < 4.78 is 0. The van der Waals surface area contributed by atoms with Gasteiger partial charge in [0.05, 0.1) is 11.8 Å². The van der Waals surface area contributed by atoms with Crippen molar-refractivity contribution in [1.29, 1.82) is 0 Å². The third-order valence-electron chi connectivity index (χ3n) is 4.51. The topological polar surface area (TPSA) is 102 Å². The SMILES string of the molecule is O=C(NN=Cc1c(O)c(O)cc2ccccc12)c1cc2ccccc2cc1O. The van der Waals surface area contributed by atoms with E-state index in [4.69, 9.17) is 0 Å². The molecule has 1 amide bonds. The van der Waals surface area contributed by atoms with Crippen LogP contribution in [0.15, 0.2) is 71.8 Å². The summed E-state index contributed by atoms with van der Waals surface area (Å²) in [6, 6.07) is 19.1. The van der Waals surface area contributed by atoms with Crippen LogP contribution in [0.5, 0.6) is 17.2 Å². The Labute approximate surface area is 160 Å². The molecule has 0 fully saturated rings. The minimum Gasteiger partial charge on any atom is -0.507 e. The highest BCUT2D eigenvalue weighted by Gasteiger charge is 2.13. The molecule has 0 heterocycles. The fraction of sp³-hybridized carbons (Fsp3) is 0. The van der Waals surface area contributed by atoms with Gasteiger partial charge in [0.25, 0.3) is 5.91 Å². The lowest BCUT2D eigenvalue weighted by atomic mass is 10.0. The molecule has 0 unspecified atom stereocenters. The predicted molar refractivity (Wildman–Crippen MR) is 108 cm³/mol. The molecule has 0 saturated carbocycles. The molecule has 0 aliphatic heterocycles. The van der Waals surface area contributed by atoms with E-state index < -0.39 is 5.91 Å². The van der Waals surface area contributed by atoms with Gasteiger partial charge in [-0.2, -0.15) is 5.10 Å². The van der Waals surface area contributed by atoms with E-state index in [0.717, 1.165) is 16.2 Å². The molecular formula is C22H16N2O4. The maximum atomic E-state index is 12.4. The Morgan fingerprint density at radius 3 is 2.18 bits per heavy atom. The molecule has 4 aromatic rings. The van der Waals surface area contributed by atoms with E-state index in [1.54, 1.807) is 24.3 Å². The number of carbonyl (C=O) groups excluding carboxylic acids is 1. The van der Waals surface area contributed by atoms with Gasteiger partial charge in [-0.25, -0.2) is 5.43 Å². The van der Waals surface area contributed by atoms with Crippen LogP contribution in [-0.4, -0.2) is 27.4 Å². The zero-order valence-electron chi connectivity index (χ0n) is 14.6. The molecule has 0 aliphatic rings. The second-order valence-corrected chi connectivity index (χ2v) is 6.29. The van der Waals surface area contributed by atoms with Crippen molar-refractivity contribution in [2.75, 3.05) is 0 Å². The molecular weight excluding hydrogens is 356 g/mol. The standard InChI is InChI=1S/C22H16N2O4/c25-19-10-14-6-2-1-5-13(14)9-17(19)22(28)24-23-12-18-16-8-4-3-7-15(16)11-20(26)21(18)27/h1-12,25-27H,(H,24,28). The number of benzene rings is 4. The summed E-state index contributed by atoms with van der Waals surface area (Å²) in [5.74, 6) is -1.36. The molecule has 0 aromatic heterocycles. The van der Waals surface area contributed by atoms with Gasteiger partial charge in [0.1, 0.15) is 5.75 Å². The monoisotopic (exact) mass is 372 g/mol. The van der Waals surface area contributed by atoms with Crippen molar-refractivity contribution in [2.24, 2.45) is 5.10 Å². The van der Waals surface area contributed by atoms with E-state index in [-0.39, 0.29) is 28.4 Å². The van der Waals surface area contributed by atoms with E-state index in [1.165, 1.54) is 18.3 Å². The molecule has 4 N–H and O–H groups in total. The van der Waals surface area contributed by atoms with Gasteiger partial charge in [-0.1, -0.05) is 48.5 Å². The number of fused-ring (bicyclic) bond motifs is 2. The number of phenolic OH excluding ortho intramolecular Hbond substituents is 3. The molecule has 0 bridgehead atoms. The average molecular weight is 372 g/mol. The van der Waals surface area contributed by atoms with Gasteiger partial charge >= 0.3 is 0 Å². The quantitative estimate of drug-likeness (QED) is 0.249. The first-order valence-corrected chi connectivity index (χ1v) is 8.53. The average Bonchev–Trinajstić information content (AvgIpc) is 2.70. The zero-order chi connectivity index (χ0) is 19.7. The van der Waals surface area contributed by atoms with Crippen LogP contribution < -0.4 is 5.43 Å². The van der Waals surface area contributed by atoms with Crippen molar-refractivity contribution in [3.8, 4) is 17.2 Å².